The van der Waals surface area contributed by atoms with Gasteiger partial charge in [-0.25, -0.2) is 9.78 Å². The van der Waals surface area contributed by atoms with Crippen molar-refractivity contribution in [2.45, 2.75) is 24.4 Å². The highest BCUT2D eigenvalue weighted by Gasteiger charge is 2.23. The molecule has 2 heterocycles. The number of pyridine rings is 1. The van der Waals surface area contributed by atoms with Gasteiger partial charge < -0.3 is 10.6 Å². The van der Waals surface area contributed by atoms with Gasteiger partial charge in [0.15, 0.2) is 0 Å². The topological polar surface area (TPSA) is 74.3 Å². The number of hydrogen-bond donors (Lipinski definition) is 2. The first kappa shape index (κ1) is 20.9. The van der Waals surface area contributed by atoms with Crippen LogP contribution in [0.3, 0.4) is 0 Å². The number of hydrogen-bond acceptors (Lipinski definition) is 4. The van der Waals surface area contributed by atoms with Gasteiger partial charge in [0.2, 0.25) is 5.91 Å². The van der Waals surface area contributed by atoms with E-state index in [0.29, 0.717) is 12.2 Å². The van der Waals surface area contributed by atoms with Crippen LogP contribution in [-0.2, 0) is 11.2 Å². The van der Waals surface area contributed by atoms with Gasteiger partial charge in [-0.2, -0.15) is 0 Å². The van der Waals surface area contributed by atoms with E-state index in [1.807, 2.05) is 73.7 Å². The average Bonchev–Trinajstić information content (AvgIpc) is 2.80. The quantitative estimate of drug-likeness (QED) is 0.616. The number of anilines is 2. The summed E-state index contributed by atoms with van der Waals surface area (Å²) in [4.78, 5) is 31.2. The Bertz CT molecular complexity index is 1060. The zero-order valence-corrected chi connectivity index (χ0v) is 18.1. The second-order valence-corrected chi connectivity index (χ2v) is 8.42. The number of aromatic nitrogens is 1. The van der Waals surface area contributed by atoms with E-state index in [1.54, 1.807) is 22.9 Å². The van der Waals surface area contributed by atoms with Gasteiger partial charge in [-0.15, -0.1) is 11.8 Å². The molecule has 4 rings (SSSR count). The molecule has 158 valence electrons. The number of amides is 3. The number of nitrogens with one attached hydrogen (secondary N) is 2. The van der Waals surface area contributed by atoms with Gasteiger partial charge in [0.1, 0.15) is 5.03 Å². The predicted octanol–water partition coefficient (Wildman–Crippen LogP) is 4.65. The molecule has 7 heteroatoms. The highest BCUT2D eigenvalue weighted by molar-refractivity contribution is 7.99. The minimum Gasteiger partial charge on any atom is -0.349 e. The Morgan fingerprint density at radius 2 is 1.84 bits per heavy atom. The number of urea groups is 1. The molecule has 1 aromatic heterocycles. The molecule has 2 aromatic carbocycles. The van der Waals surface area contributed by atoms with Gasteiger partial charge in [-0.05, 0) is 42.3 Å². The van der Waals surface area contributed by atoms with E-state index in [-0.39, 0.29) is 24.4 Å². The van der Waals surface area contributed by atoms with E-state index < -0.39 is 0 Å². The van der Waals surface area contributed by atoms with E-state index in [0.717, 1.165) is 27.6 Å². The maximum absolute atomic E-state index is 12.8. The van der Waals surface area contributed by atoms with Gasteiger partial charge in [0, 0.05) is 24.2 Å². The molecule has 1 aliphatic heterocycles. The predicted molar refractivity (Wildman–Crippen MR) is 124 cm³/mol. The van der Waals surface area contributed by atoms with E-state index >= 15 is 0 Å². The highest BCUT2D eigenvalue weighted by Crippen LogP contribution is 2.32. The van der Waals surface area contributed by atoms with Gasteiger partial charge in [0.25, 0.3) is 0 Å². The van der Waals surface area contributed by atoms with Crippen molar-refractivity contribution < 1.29 is 9.59 Å². The molecule has 6 nitrogen and oxygen atoms in total. The van der Waals surface area contributed by atoms with Crippen LogP contribution >= 0.6 is 11.8 Å². The molecule has 0 fully saturated rings. The summed E-state index contributed by atoms with van der Waals surface area (Å²) in [5, 5.41) is 6.83. The second kappa shape index (κ2) is 9.66. The van der Waals surface area contributed by atoms with Crippen LogP contribution in [0.4, 0.5) is 16.2 Å². The SMILES string of the molecule is C[C@@H](NC(=O)Cc1ccc(NC(=O)N2CCSc3ncccc32)cc1)c1ccccc1. The summed E-state index contributed by atoms with van der Waals surface area (Å²) in [6.07, 6.45) is 2.02. The monoisotopic (exact) mass is 432 g/mol. The molecule has 0 spiro atoms. The molecular formula is C24H24N4O2S. The Balaban J connectivity index is 1.33. The summed E-state index contributed by atoms with van der Waals surface area (Å²) in [5.74, 6) is 0.774. The molecule has 0 saturated heterocycles. The van der Waals surface area contributed by atoms with Crippen LogP contribution in [0.1, 0.15) is 24.1 Å². The number of carbonyl (C=O) groups is 2. The van der Waals surface area contributed by atoms with Crippen molar-refractivity contribution in [3.8, 4) is 0 Å². The van der Waals surface area contributed by atoms with Gasteiger partial charge >= 0.3 is 6.03 Å². The molecule has 1 atom stereocenters. The molecule has 3 amide bonds. The third-order valence-electron chi connectivity index (χ3n) is 5.09. The van der Waals surface area contributed by atoms with Gasteiger partial charge in [-0.3, -0.25) is 9.69 Å². The lowest BCUT2D eigenvalue weighted by Gasteiger charge is -2.28. The lowest BCUT2D eigenvalue weighted by atomic mass is 10.1. The Kier molecular flexibility index (Phi) is 6.52. The number of nitrogens with zero attached hydrogens (tertiary/aromatic N) is 2. The molecule has 2 N–H and O–H groups in total. The fourth-order valence-electron chi connectivity index (χ4n) is 3.46. The Morgan fingerprint density at radius 3 is 2.61 bits per heavy atom. The normalized spacial score (nSPS) is 13.8. The van der Waals surface area contributed by atoms with Crippen molar-refractivity contribution >= 4 is 35.1 Å². The maximum atomic E-state index is 12.8. The van der Waals surface area contributed by atoms with Crippen molar-refractivity contribution in [3.05, 3.63) is 84.1 Å². The van der Waals surface area contributed by atoms with Gasteiger partial charge in [-0.1, -0.05) is 42.5 Å². The Morgan fingerprint density at radius 1 is 1.06 bits per heavy atom. The van der Waals surface area contributed by atoms with Crippen LogP contribution < -0.4 is 15.5 Å². The zero-order valence-electron chi connectivity index (χ0n) is 17.2. The molecule has 3 aromatic rings. The largest absolute Gasteiger partial charge is 0.349 e. The van der Waals surface area contributed by atoms with E-state index in [4.69, 9.17) is 0 Å². The summed E-state index contributed by atoms with van der Waals surface area (Å²) in [6, 6.07) is 20.8. The molecule has 31 heavy (non-hydrogen) atoms. The van der Waals surface area contributed by atoms with Crippen molar-refractivity contribution in [2.24, 2.45) is 0 Å². The molecule has 1 aliphatic rings. The standard InChI is InChI=1S/C24H24N4O2S/c1-17(19-6-3-2-4-7-19)26-22(29)16-18-9-11-20(12-10-18)27-24(30)28-14-15-31-23-21(28)8-5-13-25-23/h2-13,17H,14-16H2,1H3,(H,26,29)(H,27,30)/t17-/m1/s1. The second-order valence-electron chi connectivity index (χ2n) is 7.33. The lowest BCUT2D eigenvalue weighted by Crippen LogP contribution is -2.38. The van der Waals surface area contributed by atoms with Crippen LogP contribution in [0.15, 0.2) is 78.0 Å². The fraction of sp³-hybridized carbons (Fsp3) is 0.208. The smallest absolute Gasteiger partial charge is 0.326 e. The molecule has 0 unspecified atom stereocenters. The van der Waals surface area contributed by atoms with Crippen LogP contribution in [0.5, 0.6) is 0 Å². The Labute approximate surface area is 186 Å². The minimum atomic E-state index is -0.184. The molecule has 0 saturated carbocycles. The molecule has 0 aliphatic carbocycles. The van der Waals surface area contributed by atoms with Crippen molar-refractivity contribution in [2.75, 3.05) is 22.5 Å². The van der Waals surface area contributed by atoms with E-state index in [2.05, 4.69) is 15.6 Å². The van der Waals surface area contributed by atoms with E-state index in [9.17, 15) is 9.59 Å². The van der Waals surface area contributed by atoms with E-state index in [1.165, 1.54) is 0 Å². The highest BCUT2D eigenvalue weighted by atomic mass is 32.2. The van der Waals surface area contributed by atoms with Crippen molar-refractivity contribution in [3.63, 3.8) is 0 Å². The maximum Gasteiger partial charge on any atom is 0.326 e. The minimum absolute atomic E-state index is 0.0388. The average molecular weight is 433 g/mol. The first-order valence-corrected chi connectivity index (χ1v) is 11.2. The van der Waals surface area contributed by atoms with Crippen LogP contribution in [0.2, 0.25) is 0 Å². The number of carbonyl (C=O) groups excluding carboxylic acids is 2. The number of thioether (sulfide) groups is 1. The summed E-state index contributed by atoms with van der Waals surface area (Å²) in [5.41, 5.74) is 3.48. The third kappa shape index (κ3) is 5.24. The summed E-state index contributed by atoms with van der Waals surface area (Å²) in [7, 11) is 0. The van der Waals surface area contributed by atoms with Gasteiger partial charge in [0.05, 0.1) is 18.2 Å². The number of fused-ring (bicyclic) bond motifs is 1. The van der Waals surface area contributed by atoms with Crippen molar-refractivity contribution in [1.82, 2.24) is 10.3 Å². The van der Waals surface area contributed by atoms with Crippen LogP contribution in [0.25, 0.3) is 0 Å². The zero-order chi connectivity index (χ0) is 21.6. The number of benzene rings is 2. The number of rotatable bonds is 5. The molecular weight excluding hydrogens is 408 g/mol. The molecule has 0 bridgehead atoms. The lowest BCUT2D eigenvalue weighted by molar-refractivity contribution is -0.121. The van der Waals surface area contributed by atoms with Crippen molar-refractivity contribution in [1.29, 1.82) is 0 Å². The first-order chi connectivity index (χ1) is 15.1. The molecule has 0 radical (unpaired) electrons. The summed E-state index contributed by atoms with van der Waals surface area (Å²) < 4.78 is 0. The van der Waals surface area contributed by atoms with Crippen LogP contribution in [0, 0.1) is 0 Å². The first-order valence-electron chi connectivity index (χ1n) is 10.2. The summed E-state index contributed by atoms with van der Waals surface area (Å²) >= 11 is 1.66. The summed E-state index contributed by atoms with van der Waals surface area (Å²) in [6.45, 7) is 2.60. The third-order valence-corrected chi connectivity index (χ3v) is 6.06. The Hall–Kier alpha value is -3.32. The van der Waals surface area contributed by atoms with Crippen LogP contribution in [-0.4, -0.2) is 29.2 Å². The fourth-order valence-corrected chi connectivity index (χ4v) is 4.39.